The highest BCUT2D eigenvalue weighted by Crippen LogP contribution is 2.32. The number of hydrogen-bond acceptors (Lipinski definition) is 6. The van der Waals surface area contributed by atoms with E-state index >= 15 is 0 Å². The smallest absolute Gasteiger partial charge is 0.318 e. The Morgan fingerprint density at radius 2 is 1.80 bits per heavy atom. The number of aromatic nitrogens is 2. The molecule has 2 atom stereocenters. The predicted octanol–water partition coefficient (Wildman–Crippen LogP) is 4.16. The fourth-order valence-electron chi connectivity index (χ4n) is 5.21. The molecule has 0 radical (unpaired) electrons. The number of ether oxygens (including phenoxy) is 1. The first kappa shape index (κ1) is 30.7. The van der Waals surface area contributed by atoms with Crippen LogP contribution in [-0.2, 0) is 14.3 Å². The molecule has 234 valence electrons. The molecule has 2 aliphatic rings. The third kappa shape index (κ3) is 6.83. The van der Waals surface area contributed by atoms with Gasteiger partial charge >= 0.3 is 6.03 Å². The average Bonchev–Trinajstić information content (AvgIpc) is 3.52. The first-order valence-electron chi connectivity index (χ1n) is 14.8. The normalized spacial score (nSPS) is 16.4. The lowest BCUT2D eigenvalue weighted by molar-refractivity contribution is -0.148. The van der Waals surface area contributed by atoms with Gasteiger partial charge in [-0.05, 0) is 54.4 Å². The number of phenols is 1. The first-order valence-corrected chi connectivity index (χ1v) is 15.2. The molecule has 0 bridgehead atoms. The van der Waals surface area contributed by atoms with Crippen molar-refractivity contribution in [2.24, 2.45) is 0 Å². The number of amides is 4. The van der Waals surface area contributed by atoms with E-state index in [1.54, 1.807) is 71.8 Å². The van der Waals surface area contributed by atoms with Crippen LogP contribution in [0.4, 0.5) is 10.5 Å². The molecule has 3 heterocycles. The van der Waals surface area contributed by atoms with Crippen LogP contribution in [0.2, 0.25) is 5.02 Å². The van der Waals surface area contributed by atoms with Crippen molar-refractivity contribution in [3.05, 3.63) is 101 Å². The second kappa shape index (κ2) is 13.8. The summed E-state index contributed by atoms with van der Waals surface area (Å²) in [5.41, 5.74) is 3.35. The van der Waals surface area contributed by atoms with Crippen molar-refractivity contribution < 1.29 is 24.2 Å². The Morgan fingerprint density at radius 3 is 2.54 bits per heavy atom. The molecule has 2 saturated heterocycles. The molecule has 12 heteroatoms. The van der Waals surface area contributed by atoms with E-state index < -0.39 is 18.0 Å². The maximum Gasteiger partial charge on any atom is 0.318 e. The van der Waals surface area contributed by atoms with Crippen molar-refractivity contribution in [2.75, 3.05) is 38.2 Å². The molecule has 3 aromatic carbocycles. The zero-order valence-electron chi connectivity index (χ0n) is 24.7. The number of hydrogen-bond donors (Lipinski definition) is 4. The Balaban J connectivity index is 1.14. The molecule has 6 rings (SSSR count). The van der Waals surface area contributed by atoms with Crippen molar-refractivity contribution in [1.82, 2.24) is 25.3 Å². The fourth-order valence-corrected chi connectivity index (χ4v) is 5.38. The number of phenolic OH excluding ortho intramolecular Hbond substituents is 1. The number of H-pyrrole nitrogens is 1. The number of morpholine rings is 1. The summed E-state index contributed by atoms with van der Waals surface area (Å²) in [5, 5.41) is 23.5. The van der Waals surface area contributed by atoms with Gasteiger partial charge in [-0.3, -0.25) is 14.7 Å². The summed E-state index contributed by atoms with van der Waals surface area (Å²) in [6.45, 7) is 1.80. The summed E-state index contributed by atoms with van der Waals surface area (Å²) in [7, 11) is 0. The van der Waals surface area contributed by atoms with Gasteiger partial charge in [0.1, 0.15) is 23.5 Å². The van der Waals surface area contributed by atoms with Gasteiger partial charge in [-0.25, -0.2) is 4.79 Å². The standard InChI is InChI=1S/C34H31ClN6O5/c35-25-11-14-29(42)27(19-25)30-24(20-36-39-30)10-7-22-8-12-26(13-9-22)37-32(43)28-21-46-18-17-41(28)33(44)31(23-5-2-1-3-6-23)38-34(45)40-15-4-16-40/h1-3,5-6,8-9,11-14,19-20,28,31,42H,4,15-18,21H2,(H,36,39)(H,37,43)(H,38,45)/t28-,31+/m0/s1. The zero-order valence-corrected chi connectivity index (χ0v) is 25.5. The lowest BCUT2D eigenvalue weighted by Crippen LogP contribution is -2.58. The molecule has 1 aromatic heterocycles. The quantitative estimate of drug-likeness (QED) is 0.234. The number of nitrogens with zero attached hydrogens (tertiary/aromatic N) is 3. The van der Waals surface area contributed by atoms with Crippen LogP contribution in [0.5, 0.6) is 5.75 Å². The van der Waals surface area contributed by atoms with Crippen LogP contribution >= 0.6 is 11.6 Å². The molecule has 4 amide bonds. The minimum absolute atomic E-state index is 0.0257. The zero-order chi connectivity index (χ0) is 32.0. The Hall–Kier alpha value is -5.31. The lowest BCUT2D eigenvalue weighted by Gasteiger charge is -2.38. The van der Waals surface area contributed by atoms with Crippen molar-refractivity contribution in [1.29, 1.82) is 0 Å². The Bertz CT molecular complexity index is 1800. The minimum Gasteiger partial charge on any atom is -0.507 e. The number of anilines is 1. The van der Waals surface area contributed by atoms with Crippen molar-refractivity contribution in [3.63, 3.8) is 0 Å². The van der Waals surface area contributed by atoms with Gasteiger partial charge in [-0.2, -0.15) is 5.10 Å². The number of carbonyl (C=O) groups is 3. The van der Waals surface area contributed by atoms with Gasteiger partial charge in [-0.1, -0.05) is 53.8 Å². The predicted molar refractivity (Wildman–Crippen MR) is 172 cm³/mol. The maximum absolute atomic E-state index is 13.9. The largest absolute Gasteiger partial charge is 0.507 e. The van der Waals surface area contributed by atoms with E-state index in [-0.39, 0.29) is 37.4 Å². The van der Waals surface area contributed by atoms with E-state index in [0.717, 1.165) is 6.42 Å². The molecule has 0 spiro atoms. The monoisotopic (exact) mass is 638 g/mol. The lowest BCUT2D eigenvalue weighted by atomic mass is 10.0. The molecule has 11 nitrogen and oxygen atoms in total. The number of halogens is 1. The highest BCUT2D eigenvalue weighted by Gasteiger charge is 2.38. The van der Waals surface area contributed by atoms with E-state index in [9.17, 15) is 19.5 Å². The van der Waals surface area contributed by atoms with E-state index in [2.05, 4.69) is 32.7 Å². The van der Waals surface area contributed by atoms with Crippen molar-refractivity contribution in [3.8, 4) is 28.8 Å². The Kier molecular flexibility index (Phi) is 9.19. The number of carbonyl (C=O) groups excluding carboxylic acids is 3. The summed E-state index contributed by atoms with van der Waals surface area (Å²) in [4.78, 5) is 43.3. The number of nitrogens with one attached hydrogen (secondary N) is 3. The molecule has 0 aliphatic carbocycles. The fraction of sp³-hybridized carbons (Fsp3) is 0.235. The number of rotatable bonds is 6. The maximum atomic E-state index is 13.9. The van der Waals surface area contributed by atoms with Crippen LogP contribution in [0.25, 0.3) is 11.3 Å². The summed E-state index contributed by atoms with van der Waals surface area (Å²) in [6, 6.07) is 18.5. The molecule has 2 fully saturated rings. The highest BCUT2D eigenvalue weighted by atomic mass is 35.5. The summed E-state index contributed by atoms with van der Waals surface area (Å²) in [6.07, 6.45) is 2.56. The van der Waals surface area contributed by atoms with E-state index in [4.69, 9.17) is 16.3 Å². The van der Waals surface area contributed by atoms with Crippen LogP contribution in [0.1, 0.15) is 29.2 Å². The SMILES string of the molecule is O=C(Nc1ccc(C#Cc2c[nH]nc2-c2cc(Cl)ccc2O)cc1)[C@@H]1COCCN1C(=O)[C@H](NC(=O)N1CCC1)c1ccccc1. The van der Waals surface area contributed by atoms with Crippen LogP contribution in [0, 0.1) is 11.8 Å². The molecule has 2 aliphatic heterocycles. The molecular weight excluding hydrogens is 608 g/mol. The van der Waals surface area contributed by atoms with E-state index in [1.165, 1.54) is 11.0 Å². The molecular formula is C34H31ClN6O5. The Labute approximate surface area is 270 Å². The van der Waals surface area contributed by atoms with E-state index in [0.29, 0.717) is 51.7 Å². The van der Waals surface area contributed by atoms with Crippen LogP contribution in [0.15, 0.2) is 79.0 Å². The third-order valence-corrected chi connectivity index (χ3v) is 8.09. The highest BCUT2D eigenvalue weighted by molar-refractivity contribution is 6.31. The van der Waals surface area contributed by atoms with Gasteiger partial charge in [0, 0.05) is 47.7 Å². The van der Waals surface area contributed by atoms with Crippen LogP contribution < -0.4 is 10.6 Å². The molecule has 0 saturated carbocycles. The van der Waals surface area contributed by atoms with Gasteiger partial charge in [0.15, 0.2) is 0 Å². The van der Waals surface area contributed by atoms with Crippen LogP contribution in [-0.4, -0.2) is 81.8 Å². The van der Waals surface area contributed by atoms with Crippen molar-refractivity contribution in [2.45, 2.75) is 18.5 Å². The summed E-state index contributed by atoms with van der Waals surface area (Å²) in [5.74, 6) is 5.38. The number of benzene rings is 3. The first-order chi connectivity index (χ1) is 22.4. The summed E-state index contributed by atoms with van der Waals surface area (Å²) >= 11 is 6.10. The Morgan fingerprint density at radius 1 is 1.02 bits per heavy atom. The minimum atomic E-state index is -0.945. The topological polar surface area (TPSA) is 140 Å². The second-order valence-electron chi connectivity index (χ2n) is 10.9. The molecule has 4 N–H and O–H groups in total. The third-order valence-electron chi connectivity index (χ3n) is 7.85. The van der Waals surface area contributed by atoms with Crippen LogP contribution in [0.3, 0.4) is 0 Å². The number of urea groups is 1. The van der Waals surface area contributed by atoms with Gasteiger partial charge in [0.25, 0.3) is 5.91 Å². The average molecular weight is 639 g/mol. The molecule has 46 heavy (non-hydrogen) atoms. The van der Waals surface area contributed by atoms with Gasteiger partial charge < -0.3 is 30.3 Å². The van der Waals surface area contributed by atoms with E-state index in [1.807, 2.05) is 6.07 Å². The van der Waals surface area contributed by atoms with Gasteiger partial charge in [-0.15, -0.1) is 0 Å². The number of aromatic amines is 1. The number of likely N-dealkylation sites (tertiary alicyclic amines) is 1. The van der Waals surface area contributed by atoms with Gasteiger partial charge in [0.05, 0.1) is 18.8 Å². The summed E-state index contributed by atoms with van der Waals surface area (Å²) < 4.78 is 5.60. The molecule has 4 aromatic rings. The van der Waals surface area contributed by atoms with Crippen molar-refractivity contribution >= 4 is 35.1 Å². The van der Waals surface area contributed by atoms with Gasteiger partial charge in [0.2, 0.25) is 5.91 Å². The second-order valence-corrected chi connectivity index (χ2v) is 11.3. The number of aromatic hydroxyl groups is 1. The molecule has 0 unspecified atom stereocenters.